The molecule has 2 saturated carbocycles. The molecule has 4 nitrogen and oxygen atoms in total. The van der Waals surface area contributed by atoms with Gasteiger partial charge in [0.2, 0.25) is 5.91 Å². The summed E-state index contributed by atoms with van der Waals surface area (Å²) in [6.07, 6.45) is 5.55. The van der Waals surface area contributed by atoms with Crippen molar-refractivity contribution in [2.24, 2.45) is 16.7 Å². The highest BCUT2D eigenvalue weighted by Gasteiger charge is 2.45. The third kappa shape index (κ3) is 3.71. The molecule has 0 heterocycles. The predicted molar refractivity (Wildman–Crippen MR) is 72.7 cm³/mol. The molecule has 0 bridgehead atoms. The zero-order chi connectivity index (χ0) is 14.1. The fraction of sp³-hybridized carbons (Fsp3) is 0.867. The number of carboxylic acid groups (broad SMARTS) is 1. The molecule has 108 valence electrons. The second-order valence-electron chi connectivity index (χ2n) is 7.15. The number of carbonyl (C=O) groups is 2. The molecule has 2 aliphatic carbocycles. The van der Waals surface area contributed by atoms with Crippen LogP contribution in [0, 0.1) is 16.7 Å². The molecular formula is C15H25NO3. The quantitative estimate of drug-likeness (QED) is 0.777. The lowest BCUT2D eigenvalue weighted by Crippen LogP contribution is -2.33. The summed E-state index contributed by atoms with van der Waals surface area (Å²) in [6, 6.07) is 0. The highest BCUT2D eigenvalue weighted by atomic mass is 16.4. The Morgan fingerprint density at radius 2 is 1.79 bits per heavy atom. The monoisotopic (exact) mass is 267 g/mol. The van der Waals surface area contributed by atoms with Crippen LogP contribution < -0.4 is 5.32 Å². The van der Waals surface area contributed by atoms with Crippen LogP contribution in [-0.4, -0.2) is 23.5 Å². The average molecular weight is 267 g/mol. The van der Waals surface area contributed by atoms with Gasteiger partial charge in [0.25, 0.3) is 0 Å². The summed E-state index contributed by atoms with van der Waals surface area (Å²) in [5.41, 5.74) is 0.0916. The lowest BCUT2D eigenvalue weighted by Gasteiger charge is -2.26. The fourth-order valence-electron chi connectivity index (χ4n) is 3.43. The molecule has 2 N–H and O–H groups in total. The van der Waals surface area contributed by atoms with Crippen molar-refractivity contribution in [3.63, 3.8) is 0 Å². The minimum Gasteiger partial charge on any atom is -0.481 e. The molecule has 2 aliphatic rings. The van der Waals surface area contributed by atoms with Crippen LogP contribution in [0.5, 0.6) is 0 Å². The third-order valence-electron chi connectivity index (χ3n) is 4.99. The second-order valence-corrected chi connectivity index (χ2v) is 7.15. The number of carboxylic acids is 1. The van der Waals surface area contributed by atoms with Gasteiger partial charge in [-0.3, -0.25) is 9.59 Å². The van der Waals surface area contributed by atoms with Crippen LogP contribution in [0.2, 0.25) is 0 Å². The Balaban J connectivity index is 1.80. The smallest absolute Gasteiger partial charge is 0.303 e. The van der Waals surface area contributed by atoms with E-state index in [2.05, 4.69) is 19.2 Å². The number of nitrogens with one attached hydrogen (secondary N) is 1. The van der Waals surface area contributed by atoms with Gasteiger partial charge in [-0.2, -0.15) is 0 Å². The molecule has 0 aromatic heterocycles. The maximum atomic E-state index is 12.0. The molecule has 0 saturated heterocycles. The molecule has 0 radical (unpaired) electrons. The number of aliphatic carboxylic acids is 1. The Kier molecular flexibility index (Phi) is 3.88. The molecule has 2 rings (SSSR count). The topological polar surface area (TPSA) is 66.4 Å². The fourth-order valence-corrected chi connectivity index (χ4v) is 3.43. The summed E-state index contributed by atoms with van der Waals surface area (Å²) in [5, 5.41) is 12.0. The number of amides is 1. The van der Waals surface area contributed by atoms with E-state index < -0.39 is 5.97 Å². The molecule has 2 fully saturated rings. The standard InChI is InChI=1S/C15H25NO3/c1-14(2)7-11(14)10-16-12(17)8-15(9-13(18)19)5-3-4-6-15/h11H,3-10H2,1-2H3,(H,16,17)(H,18,19). The van der Waals surface area contributed by atoms with E-state index >= 15 is 0 Å². The number of hydrogen-bond acceptors (Lipinski definition) is 2. The minimum absolute atomic E-state index is 0.0332. The Morgan fingerprint density at radius 3 is 2.26 bits per heavy atom. The molecule has 19 heavy (non-hydrogen) atoms. The molecule has 0 spiro atoms. The van der Waals surface area contributed by atoms with Crippen molar-refractivity contribution in [1.29, 1.82) is 0 Å². The van der Waals surface area contributed by atoms with Crippen LogP contribution in [0.3, 0.4) is 0 Å². The molecule has 1 atom stereocenters. The molecular weight excluding hydrogens is 242 g/mol. The van der Waals surface area contributed by atoms with Gasteiger partial charge in [0.15, 0.2) is 0 Å². The predicted octanol–water partition coefficient (Wildman–Crippen LogP) is 2.57. The average Bonchev–Trinajstić information content (AvgIpc) is 2.69. The molecule has 0 aliphatic heterocycles. The zero-order valence-corrected chi connectivity index (χ0v) is 12.0. The van der Waals surface area contributed by atoms with Crippen molar-refractivity contribution < 1.29 is 14.7 Å². The van der Waals surface area contributed by atoms with Crippen LogP contribution >= 0.6 is 0 Å². The van der Waals surface area contributed by atoms with Gasteiger partial charge in [0.05, 0.1) is 6.42 Å². The lowest BCUT2D eigenvalue weighted by molar-refractivity contribution is -0.140. The summed E-state index contributed by atoms with van der Waals surface area (Å²) in [5.74, 6) is -0.153. The van der Waals surface area contributed by atoms with Crippen LogP contribution in [-0.2, 0) is 9.59 Å². The van der Waals surface area contributed by atoms with Crippen LogP contribution in [0.25, 0.3) is 0 Å². The largest absolute Gasteiger partial charge is 0.481 e. The maximum Gasteiger partial charge on any atom is 0.303 e. The van der Waals surface area contributed by atoms with Crippen molar-refractivity contribution in [1.82, 2.24) is 5.32 Å². The van der Waals surface area contributed by atoms with Gasteiger partial charge in [-0.1, -0.05) is 26.7 Å². The van der Waals surface area contributed by atoms with E-state index in [1.165, 1.54) is 6.42 Å². The number of rotatable bonds is 6. The van der Waals surface area contributed by atoms with Crippen LogP contribution in [0.15, 0.2) is 0 Å². The lowest BCUT2D eigenvalue weighted by atomic mass is 9.79. The highest BCUT2D eigenvalue weighted by Crippen LogP contribution is 2.51. The van der Waals surface area contributed by atoms with E-state index in [0.717, 1.165) is 32.2 Å². The van der Waals surface area contributed by atoms with Crippen molar-refractivity contribution in [2.45, 2.75) is 58.8 Å². The van der Waals surface area contributed by atoms with Crippen molar-refractivity contribution in [3.8, 4) is 0 Å². The van der Waals surface area contributed by atoms with Gasteiger partial charge in [0.1, 0.15) is 0 Å². The summed E-state index contributed by atoms with van der Waals surface area (Å²) in [6.45, 7) is 5.18. The van der Waals surface area contributed by atoms with Gasteiger partial charge >= 0.3 is 5.97 Å². The first-order valence-electron chi connectivity index (χ1n) is 7.32. The first-order valence-corrected chi connectivity index (χ1v) is 7.32. The van der Waals surface area contributed by atoms with Gasteiger partial charge < -0.3 is 10.4 Å². The first kappa shape index (κ1) is 14.4. The van der Waals surface area contributed by atoms with Crippen molar-refractivity contribution >= 4 is 11.9 Å². The first-order chi connectivity index (χ1) is 8.83. The van der Waals surface area contributed by atoms with Crippen molar-refractivity contribution in [3.05, 3.63) is 0 Å². The molecule has 1 unspecified atom stereocenters. The van der Waals surface area contributed by atoms with Crippen LogP contribution in [0.1, 0.15) is 58.8 Å². The summed E-state index contributed by atoms with van der Waals surface area (Å²) < 4.78 is 0. The zero-order valence-electron chi connectivity index (χ0n) is 12.0. The van der Waals surface area contributed by atoms with Gasteiger partial charge in [-0.25, -0.2) is 0 Å². The minimum atomic E-state index is -0.780. The Bertz CT molecular complexity index is 370. The molecule has 1 amide bonds. The maximum absolute atomic E-state index is 12.0. The number of hydrogen-bond donors (Lipinski definition) is 2. The Morgan fingerprint density at radius 1 is 1.21 bits per heavy atom. The molecule has 0 aromatic rings. The van der Waals surface area contributed by atoms with E-state index in [1.54, 1.807) is 0 Å². The highest BCUT2D eigenvalue weighted by molar-refractivity contribution is 5.78. The van der Waals surface area contributed by atoms with Gasteiger partial charge in [0, 0.05) is 13.0 Å². The number of carbonyl (C=O) groups excluding carboxylic acids is 1. The van der Waals surface area contributed by atoms with Crippen molar-refractivity contribution in [2.75, 3.05) is 6.54 Å². The Hall–Kier alpha value is -1.06. The Labute approximate surface area is 115 Å². The van der Waals surface area contributed by atoms with Crippen LogP contribution in [0.4, 0.5) is 0 Å². The third-order valence-corrected chi connectivity index (χ3v) is 4.99. The van der Waals surface area contributed by atoms with E-state index in [1.807, 2.05) is 0 Å². The summed E-state index contributed by atoms with van der Waals surface area (Å²) in [4.78, 5) is 23.0. The van der Waals surface area contributed by atoms with Gasteiger partial charge in [-0.15, -0.1) is 0 Å². The van der Waals surface area contributed by atoms with E-state index in [9.17, 15) is 9.59 Å². The van der Waals surface area contributed by atoms with E-state index in [4.69, 9.17) is 5.11 Å². The summed E-state index contributed by atoms with van der Waals surface area (Å²) in [7, 11) is 0. The second kappa shape index (κ2) is 5.14. The summed E-state index contributed by atoms with van der Waals surface area (Å²) >= 11 is 0. The molecule has 4 heteroatoms. The normalized spacial score (nSPS) is 26.9. The molecule has 0 aromatic carbocycles. The van der Waals surface area contributed by atoms with E-state index in [0.29, 0.717) is 17.8 Å². The SMILES string of the molecule is CC1(C)CC1CNC(=O)CC1(CC(=O)O)CCCC1. The van der Waals surface area contributed by atoms with Gasteiger partial charge in [-0.05, 0) is 36.0 Å². The van der Waals surface area contributed by atoms with E-state index in [-0.39, 0.29) is 17.7 Å².